The number of hydrogen-bond donors (Lipinski definition) is 2. The third-order valence-electron chi connectivity index (χ3n) is 6.38. The first-order valence-electron chi connectivity index (χ1n) is 12.2. The number of nitrogens with zero attached hydrogens (tertiary/aromatic N) is 3. The molecule has 0 radical (unpaired) electrons. The van der Waals surface area contributed by atoms with Crippen LogP contribution in [0.25, 0.3) is 11.3 Å². The lowest BCUT2D eigenvalue weighted by atomic mass is 10.0. The summed E-state index contributed by atoms with van der Waals surface area (Å²) in [6, 6.07) is 20.2. The Balaban J connectivity index is 1.52. The van der Waals surface area contributed by atoms with Crippen molar-refractivity contribution >= 4 is 40.3 Å². The minimum Gasteiger partial charge on any atom is -0.496 e. The second kappa shape index (κ2) is 11.5. The molecule has 2 aromatic carbocycles. The molecule has 1 aliphatic heterocycles. The molecule has 5 rings (SSSR count). The highest BCUT2D eigenvalue weighted by atomic mass is 32.1. The van der Waals surface area contributed by atoms with Gasteiger partial charge in [0.05, 0.1) is 35.4 Å². The number of ether oxygens (including phenoxy) is 2. The SMILES string of the molecule is COCC(=O)Nc1ccc(N2C(=S)N[C@H](c3ccccn3)[C@H]2c2ccc(-c3ccc([N+](=O)[O-])cc3OC)o2)cc1. The zero-order chi connectivity index (χ0) is 28.2. The van der Waals surface area contributed by atoms with Crippen molar-refractivity contribution in [3.05, 3.63) is 101 Å². The molecule has 4 aromatic rings. The molecule has 1 aliphatic rings. The van der Waals surface area contributed by atoms with Crippen LogP contribution in [0.4, 0.5) is 17.1 Å². The molecule has 204 valence electrons. The lowest BCUT2D eigenvalue weighted by Crippen LogP contribution is -2.29. The molecule has 1 fully saturated rings. The predicted molar refractivity (Wildman–Crippen MR) is 152 cm³/mol. The van der Waals surface area contributed by atoms with Crippen LogP contribution in [0.3, 0.4) is 0 Å². The van der Waals surface area contributed by atoms with E-state index in [0.717, 1.165) is 11.4 Å². The first kappa shape index (κ1) is 26.8. The Morgan fingerprint density at radius 2 is 1.95 bits per heavy atom. The Morgan fingerprint density at radius 3 is 2.62 bits per heavy atom. The smallest absolute Gasteiger partial charge is 0.273 e. The predicted octanol–water partition coefficient (Wildman–Crippen LogP) is 5.02. The minimum absolute atomic E-state index is 0.0456. The van der Waals surface area contributed by atoms with Crippen LogP contribution >= 0.6 is 12.2 Å². The highest BCUT2D eigenvalue weighted by Gasteiger charge is 2.42. The Bertz CT molecular complexity index is 1540. The third-order valence-corrected chi connectivity index (χ3v) is 6.70. The molecule has 1 saturated heterocycles. The van der Waals surface area contributed by atoms with Gasteiger partial charge in [-0.05, 0) is 66.8 Å². The average Bonchev–Trinajstić information content (AvgIpc) is 3.58. The van der Waals surface area contributed by atoms with E-state index in [-0.39, 0.29) is 24.2 Å². The first-order chi connectivity index (χ1) is 19.4. The molecule has 12 heteroatoms. The molecule has 3 heterocycles. The maximum atomic E-state index is 11.9. The van der Waals surface area contributed by atoms with Crippen molar-refractivity contribution in [2.75, 3.05) is 31.0 Å². The largest absolute Gasteiger partial charge is 0.496 e. The van der Waals surface area contributed by atoms with Crippen molar-refractivity contribution in [2.45, 2.75) is 12.1 Å². The topological polar surface area (TPSA) is 132 Å². The summed E-state index contributed by atoms with van der Waals surface area (Å²) in [7, 11) is 2.91. The number of nitro groups is 1. The van der Waals surface area contributed by atoms with Gasteiger partial charge in [0.2, 0.25) is 5.91 Å². The first-order valence-corrected chi connectivity index (χ1v) is 12.6. The lowest BCUT2D eigenvalue weighted by molar-refractivity contribution is -0.384. The van der Waals surface area contributed by atoms with Gasteiger partial charge in [-0.3, -0.25) is 19.9 Å². The molecule has 2 N–H and O–H groups in total. The fourth-order valence-electron chi connectivity index (χ4n) is 4.61. The number of anilines is 2. The number of aromatic nitrogens is 1. The van der Waals surface area contributed by atoms with E-state index in [2.05, 4.69) is 15.6 Å². The van der Waals surface area contributed by atoms with Crippen LogP contribution in [0.1, 0.15) is 23.5 Å². The number of rotatable bonds is 9. The van der Waals surface area contributed by atoms with E-state index < -0.39 is 11.0 Å². The number of nitrogens with one attached hydrogen (secondary N) is 2. The molecule has 0 saturated carbocycles. The van der Waals surface area contributed by atoms with Gasteiger partial charge < -0.3 is 29.4 Å². The number of thiocarbonyl (C=S) groups is 1. The quantitative estimate of drug-likeness (QED) is 0.164. The third kappa shape index (κ3) is 5.35. The van der Waals surface area contributed by atoms with Gasteiger partial charge >= 0.3 is 0 Å². The number of amides is 1. The number of pyridine rings is 1. The van der Waals surface area contributed by atoms with Gasteiger partial charge in [-0.1, -0.05) is 6.07 Å². The van der Waals surface area contributed by atoms with Crippen molar-refractivity contribution in [3.63, 3.8) is 0 Å². The molecule has 0 spiro atoms. The molecule has 2 atom stereocenters. The number of benzene rings is 2. The zero-order valence-corrected chi connectivity index (χ0v) is 22.4. The summed E-state index contributed by atoms with van der Waals surface area (Å²) in [6.45, 7) is -0.0456. The maximum absolute atomic E-state index is 11.9. The van der Waals surface area contributed by atoms with Crippen molar-refractivity contribution in [1.29, 1.82) is 0 Å². The number of carbonyl (C=O) groups excluding carboxylic acids is 1. The number of furan rings is 1. The zero-order valence-electron chi connectivity index (χ0n) is 21.6. The summed E-state index contributed by atoms with van der Waals surface area (Å²) in [4.78, 5) is 29.2. The molecule has 0 aliphatic carbocycles. The molecule has 11 nitrogen and oxygen atoms in total. The Hall–Kier alpha value is -4.81. The van der Waals surface area contributed by atoms with Crippen molar-refractivity contribution in [2.24, 2.45) is 0 Å². The van der Waals surface area contributed by atoms with Crippen LogP contribution < -0.4 is 20.3 Å². The summed E-state index contributed by atoms with van der Waals surface area (Å²) in [6.07, 6.45) is 1.71. The standard InChI is InChI=1S/C28H25N5O6S/c1-37-16-25(34)30-17-6-8-18(9-7-17)32-27(26(31-28(32)40)21-5-3-4-14-29-21)23-13-12-22(39-23)20-11-10-19(33(35)36)15-24(20)38-2/h3-15,26-27H,16H2,1-2H3,(H,30,34)(H,31,40)/t26-,27-/m1/s1. The number of methoxy groups -OCH3 is 2. The number of hydrogen-bond acceptors (Lipinski definition) is 8. The van der Waals surface area contributed by atoms with E-state index in [0.29, 0.717) is 33.6 Å². The average molecular weight is 560 g/mol. The lowest BCUT2D eigenvalue weighted by Gasteiger charge is -2.26. The van der Waals surface area contributed by atoms with E-state index in [4.69, 9.17) is 26.1 Å². The molecule has 1 amide bonds. The number of carbonyl (C=O) groups is 1. The Labute approximate surface area is 234 Å². The van der Waals surface area contributed by atoms with Gasteiger partial charge in [-0.25, -0.2) is 0 Å². The van der Waals surface area contributed by atoms with Gasteiger partial charge in [0, 0.05) is 30.7 Å². The molecule has 0 unspecified atom stereocenters. The normalized spacial score (nSPS) is 16.4. The van der Waals surface area contributed by atoms with Gasteiger partial charge in [0.25, 0.3) is 5.69 Å². The summed E-state index contributed by atoms with van der Waals surface area (Å²) in [5, 5.41) is 17.9. The van der Waals surface area contributed by atoms with Crippen LogP contribution in [0, 0.1) is 10.1 Å². The summed E-state index contributed by atoms with van der Waals surface area (Å²) in [5.74, 6) is 1.14. The molecular formula is C28H25N5O6S. The van der Waals surface area contributed by atoms with Crippen LogP contribution in [0.2, 0.25) is 0 Å². The maximum Gasteiger partial charge on any atom is 0.273 e. The Morgan fingerprint density at radius 1 is 1.15 bits per heavy atom. The van der Waals surface area contributed by atoms with Gasteiger partial charge in [0.15, 0.2) is 5.11 Å². The highest BCUT2D eigenvalue weighted by molar-refractivity contribution is 7.80. The van der Waals surface area contributed by atoms with Crippen LogP contribution in [0.15, 0.2) is 83.4 Å². The monoisotopic (exact) mass is 559 g/mol. The van der Waals surface area contributed by atoms with Crippen molar-refractivity contribution in [1.82, 2.24) is 10.3 Å². The summed E-state index contributed by atoms with van der Waals surface area (Å²) >= 11 is 5.77. The summed E-state index contributed by atoms with van der Waals surface area (Å²) < 4.78 is 16.7. The van der Waals surface area contributed by atoms with Crippen molar-refractivity contribution in [3.8, 4) is 17.1 Å². The minimum atomic E-state index is -0.478. The van der Waals surface area contributed by atoms with Crippen molar-refractivity contribution < 1.29 is 23.6 Å². The van der Waals surface area contributed by atoms with E-state index in [1.807, 2.05) is 41.3 Å². The molecule has 2 aromatic heterocycles. The number of nitro benzene ring substituents is 1. The second-order valence-electron chi connectivity index (χ2n) is 8.87. The molecular weight excluding hydrogens is 534 g/mol. The number of non-ortho nitro benzene ring substituents is 1. The second-order valence-corrected chi connectivity index (χ2v) is 9.26. The van der Waals surface area contributed by atoms with E-state index in [9.17, 15) is 14.9 Å². The van der Waals surface area contributed by atoms with Gasteiger partial charge in [0.1, 0.15) is 29.9 Å². The molecule has 0 bridgehead atoms. The van der Waals surface area contributed by atoms with Crippen LogP contribution in [-0.4, -0.2) is 41.8 Å². The van der Waals surface area contributed by atoms with Crippen LogP contribution in [-0.2, 0) is 9.53 Å². The van der Waals surface area contributed by atoms with Gasteiger partial charge in [-0.2, -0.15) is 0 Å². The summed E-state index contributed by atoms with van der Waals surface area (Å²) in [5.41, 5.74) is 2.65. The molecule has 40 heavy (non-hydrogen) atoms. The van der Waals surface area contributed by atoms with Gasteiger partial charge in [-0.15, -0.1) is 0 Å². The van der Waals surface area contributed by atoms with E-state index in [1.54, 1.807) is 30.5 Å². The van der Waals surface area contributed by atoms with Crippen LogP contribution in [0.5, 0.6) is 5.75 Å². The van der Waals surface area contributed by atoms with E-state index >= 15 is 0 Å². The Kier molecular flexibility index (Phi) is 7.71. The highest BCUT2D eigenvalue weighted by Crippen LogP contribution is 2.44. The fraction of sp³-hybridized carbons (Fsp3) is 0.179. The van der Waals surface area contributed by atoms with E-state index in [1.165, 1.54) is 26.4 Å². The fourth-order valence-corrected chi connectivity index (χ4v) is 4.95.